The van der Waals surface area contributed by atoms with Crippen LogP contribution in [0.15, 0.2) is 54.7 Å². The highest BCUT2D eigenvalue weighted by atomic mass is 35.5. The van der Waals surface area contributed by atoms with Gasteiger partial charge in [0.1, 0.15) is 5.82 Å². The van der Waals surface area contributed by atoms with Crippen LogP contribution in [0.4, 0.5) is 9.18 Å². The van der Waals surface area contributed by atoms with E-state index in [-0.39, 0.29) is 11.8 Å². The Labute approximate surface area is 133 Å². The molecule has 5 heteroatoms. The summed E-state index contributed by atoms with van der Waals surface area (Å²) >= 11 is 6.03. The van der Waals surface area contributed by atoms with Crippen molar-refractivity contribution in [2.45, 2.75) is 6.42 Å². The Morgan fingerprint density at radius 2 is 1.86 bits per heavy atom. The van der Waals surface area contributed by atoms with Gasteiger partial charge < -0.3 is 10.6 Å². The molecule has 3 nitrogen and oxygen atoms in total. The number of benzene rings is 2. The maximum atomic E-state index is 13.4. The second-order valence-electron chi connectivity index (χ2n) is 4.60. The molecular formula is C17H16ClFN2O. The van der Waals surface area contributed by atoms with Gasteiger partial charge in [-0.1, -0.05) is 48.0 Å². The monoisotopic (exact) mass is 318 g/mol. The first-order chi connectivity index (χ1) is 10.7. The molecule has 2 aromatic rings. The van der Waals surface area contributed by atoms with Gasteiger partial charge in [-0.3, -0.25) is 0 Å². The minimum atomic E-state index is -0.348. The second-order valence-corrected chi connectivity index (χ2v) is 5.00. The Bertz CT molecular complexity index is 673. The average Bonchev–Trinajstić information content (AvgIpc) is 2.51. The number of hydrogen-bond acceptors (Lipinski definition) is 1. The van der Waals surface area contributed by atoms with Crippen LogP contribution in [0.2, 0.25) is 5.02 Å². The van der Waals surface area contributed by atoms with Crippen molar-refractivity contribution in [3.63, 3.8) is 0 Å². The Kier molecular flexibility index (Phi) is 5.98. The third-order valence-corrected chi connectivity index (χ3v) is 3.39. The lowest BCUT2D eigenvalue weighted by Gasteiger charge is -2.06. The molecule has 2 aromatic carbocycles. The molecule has 2 amide bonds. The van der Waals surface area contributed by atoms with E-state index in [0.717, 1.165) is 5.56 Å². The van der Waals surface area contributed by atoms with Crippen LogP contribution in [0.1, 0.15) is 11.1 Å². The molecule has 0 aliphatic rings. The summed E-state index contributed by atoms with van der Waals surface area (Å²) in [6, 6.07) is 13.5. The van der Waals surface area contributed by atoms with Crippen LogP contribution in [-0.2, 0) is 6.42 Å². The fourth-order valence-corrected chi connectivity index (χ4v) is 2.11. The van der Waals surface area contributed by atoms with E-state index in [1.165, 1.54) is 18.3 Å². The summed E-state index contributed by atoms with van der Waals surface area (Å²) in [7, 11) is 0. The standard InChI is InChI=1S/C17H16ClFN2O/c18-15-7-3-1-5-13(15)9-11-20-17(22)21-12-10-14-6-2-4-8-16(14)19/h1-8,10,12H,9,11H2,(H2,20,21,22)/b12-10+. The molecular weight excluding hydrogens is 303 g/mol. The zero-order valence-corrected chi connectivity index (χ0v) is 12.6. The van der Waals surface area contributed by atoms with Crippen LogP contribution >= 0.6 is 11.6 Å². The predicted molar refractivity (Wildman–Crippen MR) is 87.1 cm³/mol. The summed E-state index contributed by atoms with van der Waals surface area (Å²) in [5.74, 6) is -0.334. The van der Waals surface area contributed by atoms with Gasteiger partial charge in [-0.05, 0) is 30.2 Å². The van der Waals surface area contributed by atoms with Crippen LogP contribution in [0.3, 0.4) is 0 Å². The van der Waals surface area contributed by atoms with Gasteiger partial charge in [0.2, 0.25) is 0 Å². The fraction of sp³-hybridized carbons (Fsp3) is 0.118. The Balaban J connectivity index is 1.75. The van der Waals surface area contributed by atoms with Crippen LogP contribution in [-0.4, -0.2) is 12.6 Å². The highest BCUT2D eigenvalue weighted by Gasteiger charge is 2.01. The first kappa shape index (κ1) is 16.0. The molecule has 0 spiro atoms. The van der Waals surface area contributed by atoms with Crippen LogP contribution in [0.5, 0.6) is 0 Å². The summed E-state index contributed by atoms with van der Waals surface area (Å²) in [5, 5.41) is 5.92. The maximum absolute atomic E-state index is 13.4. The number of carbonyl (C=O) groups excluding carboxylic acids is 1. The number of hydrogen-bond donors (Lipinski definition) is 2. The fourth-order valence-electron chi connectivity index (χ4n) is 1.88. The van der Waals surface area contributed by atoms with Crippen LogP contribution in [0, 0.1) is 5.82 Å². The van der Waals surface area contributed by atoms with E-state index >= 15 is 0 Å². The number of urea groups is 1. The zero-order chi connectivity index (χ0) is 15.8. The third kappa shape index (κ3) is 4.90. The zero-order valence-electron chi connectivity index (χ0n) is 11.9. The Morgan fingerprint density at radius 1 is 1.14 bits per heavy atom. The summed E-state index contributed by atoms with van der Waals surface area (Å²) in [4.78, 5) is 11.6. The van der Waals surface area contributed by atoms with E-state index in [2.05, 4.69) is 10.6 Å². The minimum Gasteiger partial charge on any atom is -0.338 e. The molecule has 2 N–H and O–H groups in total. The SMILES string of the molecule is O=C(N/C=C/c1ccccc1F)NCCc1ccccc1Cl. The van der Waals surface area contributed by atoms with Crippen molar-refractivity contribution in [3.8, 4) is 0 Å². The maximum Gasteiger partial charge on any atom is 0.318 e. The summed E-state index contributed by atoms with van der Waals surface area (Å²) < 4.78 is 13.4. The molecule has 2 rings (SSSR count). The van der Waals surface area contributed by atoms with Crippen molar-refractivity contribution < 1.29 is 9.18 Å². The lowest BCUT2D eigenvalue weighted by Crippen LogP contribution is -2.33. The Morgan fingerprint density at radius 3 is 2.64 bits per heavy atom. The molecule has 0 unspecified atom stereocenters. The van der Waals surface area contributed by atoms with Crippen molar-refractivity contribution in [2.24, 2.45) is 0 Å². The van der Waals surface area contributed by atoms with Gasteiger partial charge in [0.25, 0.3) is 0 Å². The molecule has 0 atom stereocenters. The molecule has 0 aromatic heterocycles. The molecule has 22 heavy (non-hydrogen) atoms. The molecule has 0 radical (unpaired) electrons. The molecule has 0 aliphatic carbocycles. The van der Waals surface area contributed by atoms with Crippen molar-refractivity contribution in [1.82, 2.24) is 10.6 Å². The molecule has 0 aliphatic heterocycles. The van der Waals surface area contributed by atoms with Gasteiger partial charge in [-0.25, -0.2) is 9.18 Å². The average molecular weight is 319 g/mol. The normalized spacial score (nSPS) is 10.6. The molecule has 0 bridgehead atoms. The molecule has 0 fully saturated rings. The van der Waals surface area contributed by atoms with E-state index < -0.39 is 0 Å². The number of rotatable bonds is 5. The second kappa shape index (κ2) is 8.20. The highest BCUT2D eigenvalue weighted by molar-refractivity contribution is 6.31. The van der Waals surface area contributed by atoms with E-state index in [9.17, 15) is 9.18 Å². The minimum absolute atomic E-state index is 0.334. The lowest BCUT2D eigenvalue weighted by molar-refractivity contribution is 0.244. The number of halogens is 2. The number of nitrogens with one attached hydrogen (secondary N) is 2. The van der Waals surface area contributed by atoms with Gasteiger partial charge in [-0.15, -0.1) is 0 Å². The van der Waals surface area contributed by atoms with E-state index in [0.29, 0.717) is 23.6 Å². The Hall–Kier alpha value is -2.33. The third-order valence-electron chi connectivity index (χ3n) is 3.02. The number of amides is 2. The van der Waals surface area contributed by atoms with Crippen molar-refractivity contribution in [1.29, 1.82) is 0 Å². The highest BCUT2D eigenvalue weighted by Crippen LogP contribution is 2.14. The smallest absolute Gasteiger partial charge is 0.318 e. The topological polar surface area (TPSA) is 41.1 Å². The van der Waals surface area contributed by atoms with E-state index in [4.69, 9.17) is 11.6 Å². The molecule has 0 saturated heterocycles. The molecule has 114 valence electrons. The largest absolute Gasteiger partial charge is 0.338 e. The summed E-state index contributed by atoms with van der Waals surface area (Å²) in [6.45, 7) is 0.461. The van der Waals surface area contributed by atoms with Crippen LogP contribution in [0.25, 0.3) is 6.08 Å². The summed E-state index contributed by atoms with van der Waals surface area (Å²) in [5.41, 5.74) is 1.39. The van der Waals surface area contributed by atoms with Crippen molar-refractivity contribution in [3.05, 3.63) is 76.7 Å². The van der Waals surface area contributed by atoms with E-state index in [1.54, 1.807) is 18.2 Å². The van der Waals surface area contributed by atoms with Crippen molar-refractivity contribution >= 4 is 23.7 Å². The van der Waals surface area contributed by atoms with E-state index in [1.807, 2.05) is 24.3 Å². The van der Waals surface area contributed by atoms with Gasteiger partial charge >= 0.3 is 6.03 Å². The van der Waals surface area contributed by atoms with Gasteiger partial charge in [0.05, 0.1) is 0 Å². The predicted octanol–water partition coefficient (Wildman–Crippen LogP) is 3.99. The van der Waals surface area contributed by atoms with Gasteiger partial charge in [0.15, 0.2) is 0 Å². The lowest BCUT2D eigenvalue weighted by atomic mass is 10.1. The number of carbonyl (C=O) groups is 1. The van der Waals surface area contributed by atoms with Crippen LogP contribution < -0.4 is 10.6 Å². The summed E-state index contributed by atoms with van der Waals surface area (Å²) in [6.07, 6.45) is 3.55. The molecule has 0 saturated carbocycles. The van der Waals surface area contributed by atoms with Crippen molar-refractivity contribution in [2.75, 3.05) is 6.54 Å². The first-order valence-electron chi connectivity index (χ1n) is 6.85. The first-order valence-corrected chi connectivity index (χ1v) is 7.23. The van der Waals surface area contributed by atoms with Gasteiger partial charge in [-0.2, -0.15) is 0 Å². The van der Waals surface area contributed by atoms with Gasteiger partial charge in [0, 0.05) is 23.3 Å². The molecule has 0 heterocycles. The quantitative estimate of drug-likeness (QED) is 0.860.